The van der Waals surface area contributed by atoms with E-state index in [0.717, 1.165) is 22.7 Å². The van der Waals surface area contributed by atoms with Crippen molar-refractivity contribution in [2.45, 2.75) is 17.7 Å². The number of carbonyl (C=O) groups excluding carboxylic acids is 1. The summed E-state index contributed by atoms with van der Waals surface area (Å²) >= 11 is 0. The first-order valence-corrected chi connectivity index (χ1v) is 10.3. The Balaban J connectivity index is 1.80. The van der Waals surface area contributed by atoms with Crippen molar-refractivity contribution in [2.24, 2.45) is 0 Å². The minimum Gasteiger partial charge on any atom is -0.493 e. The van der Waals surface area contributed by atoms with Gasteiger partial charge in [0.05, 0.1) is 25.7 Å². The van der Waals surface area contributed by atoms with Gasteiger partial charge in [-0.25, -0.2) is 8.42 Å². The lowest BCUT2D eigenvalue weighted by Crippen LogP contribution is -2.38. The van der Waals surface area contributed by atoms with E-state index in [-0.39, 0.29) is 17.3 Å². The van der Waals surface area contributed by atoms with Crippen LogP contribution in [0.25, 0.3) is 0 Å². The largest absolute Gasteiger partial charge is 0.493 e. The molecule has 0 fully saturated rings. The summed E-state index contributed by atoms with van der Waals surface area (Å²) in [6.45, 7) is 0.222. The second-order valence-corrected chi connectivity index (χ2v) is 8.26. The Hall–Kier alpha value is -2.58. The normalized spacial score (nSPS) is 11.3. The summed E-state index contributed by atoms with van der Waals surface area (Å²) in [6, 6.07) is 13.7. The van der Waals surface area contributed by atoms with E-state index in [1.165, 1.54) is 19.2 Å². The molecule has 8 heteroatoms. The second-order valence-electron chi connectivity index (χ2n) is 6.22. The van der Waals surface area contributed by atoms with Gasteiger partial charge in [-0.2, -0.15) is 4.31 Å². The molecule has 0 radical (unpaired) electrons. The number of ether oxygens (including phenoxy) is 2. The summed E-state index contributed by atoms with van der Waals surface area (Å²) in [5.74, 6) is 0.994. The Kier molecular flexibility index (Phi) is 7.83. The number of amides is 1. The average Bonchev–Trinajstić information content (AvgIpc) is 2.71. The van der Waals surface area contributed by atoms with Crippen molar-refractivity contribution in [1.82, 2.24) is 9.62 Å². The third-order valence-electron chi connectivity index (χ3n) is 4.23. The van der Waals surface area contributed by atoms with Crippen molar-refractivity contribution >= 4 is 15.9 Å². The van der Waals surface area contributed by atoms with Crippen molar-refractivity contribution in [3.63, 3.8) is 0 Å². The van der Waals surface area contributed by atoms with Gasteiger partial charge in [-0.1, -0.05) is 24.3 Å². The van der Waals surface area contributed by atoms with Gasteiger partial charge in [-0.05, 0) is 42.7 Å². The number of hydrogen-bond acceptors (Lipinski definition) is 5. The topological polar surface area (TPSA) is 84.9 Å². The fraction of sp³-hybridized carbons (Fsp3) is 0.350. The Morgan fingerprint density at radius 1 is 1.04 bits per heavy atom. The van der Waals surface area contributed by atoms with E-state index in [1.807, 2.05) is 18.2 Å². The molecule has 0 aliphatic carbocycles. The maximum absolute atomic E-state index is 12.4. The zero-order valence-electron chi connectivity index (χ0n) is 16.3. The summed E-state index contributed by atoms with van der Waals surface area (Å²) in [5.41, 5.74) is 1.07. The molecule has 0 aromatic heterocycles. The Morgan fingerprint density at radius 2 is 1.71 bits per heavy atom. The first-order chi connectivity index (χ1) is 13.4. The fourth-order valence-corrected chi connectivity index (χ4v) is 3.82. The molecule has 2 rings (SSSR count). The smallest absolute Gasteiger partial charge is 0.243 e. The Labute approximate surface area is 166 Å². The molecule has 152 valence electrons. The molecule has 0 spiro atoms. The highest BCUT2D eigenvalue weighted by Crippen LogP contribution is 2.27. The van der Waals surface area contributed by atoms with Crippen LogP contribution in [0.3, 0.4) is 0 Å². The van der Waals surface area contributed by atoms with E-state index in [4.69, 9.17) is 9.47 Å². The van der Waals surface area contributed by atoms with Crippen molar-refractivity contribution in [2.75, 3.05) is 34.4 Å². The molecule has 0 atom stereocenters. The van der Waals surface area contributed by atoms with Crippen molar-refractivity contribution < 1.29 is 22.7 Å². The second kappa shape index (κ2) is 10.1. The summed E-state index contributed by atoms with van der Waals surface area (Å²) < 4.78 is 36.4. The zero-order chi connectivity index (χ0) is 20.6. The van der Waals surface area contributed by atoms with Crippen LogP contribution in [-0.2, 0) is 21.2 Å². The quantitative estimate of drug-likeness (QED) is 0.611. The number of sulfonamides is 1. The number of nitrogens with one attached hydrogen (secondary N) is 1. The van der Waals surface area contributed by atoms with Crippen LogP contribution in [0.1, 0.15) is 12.0 Å². The van der Waals surface area contributed by atoms with E-state index >= 15 is 0 Å². The lowest BCUT2D eigenvalue weighted by molar-refractivity contribution is -0.121. The van der Waals surface area contributed by atoms with Crippen LogP contribution in [0.15, 0.2) is 53.4 Å². The van der Waals surface area contributed by atoms with Crippen LogP contribution in [-0.4, -0.2) is 53.0 Å². The van der Waals surface area contributed by atoms with Gasteiger partial charge in [-0.3, -0.25) is 4.79 Å². The Morgan fingerprint density at radius 3 is 2.36 bits per heavy atom. The summed E-state index contributed by atoms with van der Waals surface area (Å²) in [4.78, 5) is 12.2. The molecule has 2 aromatic rings. The van der Waals surface area contributed by atoms with E-state index in [0.29, 0.717) is 18.0 Å². The van der Waals surface area contributed by atoms with Gasteiger partial charge >= 0.3 is 0 Å². The minimum absolute atomic E-state index is 0.166. The van der Waals surface area contributed by atoms with Gasteiger partial charge in [0, 0.05) is 13.6 Å². The van der Waals surface area contributed by atoms with Crippen molar-refractivity contribution in [1.29, 1.82) is 0 Å². The highest BCUT2D eigenvalue weighted by Gasteiger charge is 2.22. The molecule has 7 nitrogen and oxygen atoms in total. The monoisotopic (exact) mass is 406 g/mol. The number of benzene rings is 2. The molecular formula is C20H26N2O5S. The van der Waals surface area contributed by atoms with Gasteiger partial charge in [0.1, 0.15) is 0 Å². The third-order valence-corrected chi connectivity index (χ3v) is 6.05. The first kappa shape index (κ1) is 21.7. The highest BCUT2D eigenvalue weighted by molar-refractivity contribution is 7.89. The molecular weight excluding hydrogens is 380 g/mol. The molecule has 0 aliphatic rings. The maximum Gasteiger partial charge on any atom is 0.243 e. The van der Waals surface area contributed by atoms with Gasteiger partial charge in [-0.15, -0.1) is 0 Å². The number of rotatable bonds is 10. The van der Waals surface area contributed by atoms with Crippen LogP contribution in [0, 0.1) is 0 Å². The summed E-state index contributed by atoms with van der Waals surface area (Å²) in [5, 5.41) is 2.76. The van der Waals surface area contributed by atoms with Gasteiger partial charge in [0.2, 0.25) is 15.9 Å². The summed E-state index contributed by atoms with van der Waals surface area (Å²) in [7, 11) is 0.890. The molecule has 0 bridgehead atoms. The van der Waals surface area contributed by atoms with E-state index in [1.54, 1.807) is 32.4 Å². The molecule has 1 N–H and O–H groups in total. The molecule has 1 amide bonds. The molecule has 28 heavy (non-hydrogen) atoms. The van der Waals surface area contributed by atoms with Crippen LogP contribution in [0.2, 0.25) is 0 Å². The SMILES string of the molecule is COc1ccc(CCCNC(=O)CN(C)S(=O)(=O)c2ccccc2)cc1OC. The molecule has 0 aliphatic heterocycles. The van der Waals surface area contributed by atoms with Gasteiger partial charge in [0.15, 0.2) is 11.5 Å². The van der Waals surface area contributed by atoms with Crippen LogP contribution >= 0.6 is 0 Å². The number of methoxy groups -OCH3 is 2. The number of carbonyl (C=O) groups is 1. The number of likely N-dealkylation sites (N-methyl/N-ethyl adjacent to an activating group) is 1. The first-order valence-electron chi connectivity index (χ1n) is 8.87. The van der Waals surface area contributed by atoms with E-state index < -0.39 is 10.0 Å². The number of nitrogens with zero attached hydrogens (tertiary/aromatic N) is 1. The van der Waals surface area contributed by atoms with Crippen molar-refractivity contribution in [3.05, 3.63) is 54.1 Å². The molecule has 2 aromatic carbocycles. The molecule has 0 saturated carbocycles. The number of aryl methyl sites for hydroxylation is 1. The predicted octanol–water partition coefficient (Wildman–Crippen LogP) is 2.07. The fourth-order valence-electron chi connectivity index (χ4n) is 2.67. The lowest BCUT2D eigenvalue weighted by atomic mass is 10.1. The van der Waals surface area contributed by atoms with Gasteiger partial charge < -0.3 is 14.8 Å². The third kappa shape index (κ3) is 5.71. The summed E-state index contributed by atoms with van der Waals surface area (Å²) in [6.07, 6.45) is 1.47. The van der Waals surface area contributed by atoms with Gasteiger partial charge in [0.25, 0.3) is 0 Å². The molecule has 0 unspecified atom stereocenters. The minimum atomic E-state index is -3.68. The van der Waals surface area contributed by atoms with Crippen LogP contribution in [0.5, 0.6) is 11.5 Å². The predicted molar refractivity (Wildman–Crippen MR) is 107 cm³/mol. The van der Waals surface area contributed by atoms with Crippen molar-refractivity contribution in [3.8, 4) is 11.5 Å². The number of hydrogen-bond donors (Lipinski definition) is 1. The Bertz CT molecular complexity index is 885. The highest BCUT2D eigenvalue weighted by atomic mass is 32.2. The molecule has 0 saturated heterocycles. The maximum atomic E-state index is 12.4. The van der Waals surface area contributed by atoms with Crippen LogP contribution in [0.4, 0.5) is 0 Å². The standard InChI is InChI=1S/C20H26N2O5S/c1-22(28(24,25)17-9-5-4-6-10-17)15-20(23)21-13-7-8-16-11-12-18(26-2)19(14-16)27-3/h4-6,9-12,14H,7-8,13,15H2,1-3H3,(H,21,23). The molecule has 0 heterocycles. The zero-order valence-corrected chi connectivity index (χ0v) is 17.2. The van der Waals surface area contributed by atoms with E-state index in [2.05, 4.69) is 5.32 Å². The van der Waals surface area contributed by atoms with Crippen LogP contribution < -0.4 is 14.8 Å². The van der Waals surface area contributed by atoms with E-state index in [9.17, 15) is 13.2 Å². The lowest BCUT2D eigenvalue weighted by Gasteiger charge is -2.17. The average molecular weight is 407 g/mol.